The fraction of sp³-hybridized carbons (Fsp3) is 0.217. The lowest BCUT2D eigenvalue weighted by Gasteiger charge is -2.32. The molecule has 1 fully saturated rings. The van der Waals surface area contributed by atoms with E-state index in [0.29, 0.717) is 16.8 Å². The minimum Gasteiger partial charge on any atom is -0.424 e. The Morgan fingerprint density at radius 1 is 1.06 bits per heavy atom. The highest BCUT2D eigenvalue weighted by molar-refractivity contribution is 6.30. The van der Waals surface area contributed by atoms with Crippen LogP contribution in [0.3, 0.4) is 0 Å². The van der Waals surface area contributed by atoms with Gasteiger partial charge in [-0.05, 0) is 43.2 Å². The number of pyridine rings is 1. The molecule has 1 saturated heterocycles. The molecule has 0 radical (unpaired) electrons. The number of rotatable bonds is 7. The first-order chi connectivity index (χ1) is 15.2. The van der Waals surface area contributed by atoms with Crippen LogP contribution in [0.5, 0.6) is 11.8 Å². The number of benzene rings is 1. The van der Waals surface area contributed by atoms with Crippen molar-refractivity contribution in [2.24, 2.45) is 0 Å². The van der Waals surface area contributed by atoms with Crippen LogP contribution in [0.4, 0.5) is 5.69 Å². The first-order valence-electron chi connectivity index (χ1n) is 10.0. The second-order valence-corrected chi connectivity index (χ2v) is 7.64. The van der Waals surface area contributed by atoms with Crippen LogP contribution in [-0.4, -0.2) is 45.3 Å². The van der Waals surface area contributed by atoms with E-state index in [1.165, 1.54) is 6.08 Å². The quantitative estimate of drug-likeness (QED) is 0.430. The van der Waals surface area contributed by atoms with Gasteiger partial charge in [-0.15, -0.1) is 0 Å². The molecule has 0 saturated carbocycles. The molecule has 4 rings (SSSR count). The normalized spacial score (nSPS) is 14.5. The average molecular weight is 436 g/mol. The third kappa shape index (κ3) is 5.79. The number of ether oxygens (including phenoxy) is 1. The lowest BCUT2D eigenvalue weighted by molar-refractivity contribution is -0.104. The summed E-state index contributed by atoms with van der Waals surface area (Å²) in [5.74, 6) is 0.584. The topological polar surface area (TPSA) is 80.2 Å². The Balaban J connectivity index is 1.38. The number of hydrogen-bond donors (Lipinski definition) is 1. The zero-order chi connectivity index (χ0) is 21.5. The third-order valence-corrected chi connectivity index (χ3v) is 5.22. The predicted octanol–water partition coefficient (Wildman–Crippen LogP) is 4.57. The van der Waals surface area contributed by atoms with Crippen molar-refractivity contribution in [1.82, 2.24) is 19.9 Å². The molecule has 3 heterocycles. The Labute approximate surface area is 185 Å². The number of nitrogens with zero attached hydrogens (tertiary/aromatic N) is 4. The summed E-state index contributed by atoms with van der Waals surface area (Å²) in [6.07, 6.45) is 13.2. The van der Waals surface area contributed by atoms with Crippen molar-refractivity contribution in [3.8, 4) is 22.9 Å². The summed E-state index contributed by atoms with van der Waals surface area (Å²) in [6.45, 7) is 1.83. The molecule has 2 aromatic heterocycles. The maximum absolute atomic E-state index is 10.5. The number of carbonyl (C=O) groups is 1. The van der Waals surface area contributed by atoms with Crippen LogP contribution in [0.1, 0.15) is 12.8 Å². The summed E-state index contributed by atoms with van der Waals surface area (Å²) >= 11 is 5.98. The summed E-state index contributed by atoms with van der Waals surface area (Å²) in [6, 6.07) is 9.75. The zero-order valence-corrected chi connectivity index (χ0v) is 17.6. The number of aromatic nitrogens is 3. The second-order valence-electron chi connectivity index (χ2n) is 7.21. The van der Waals surface area contributed by atoms with Crippen molar-refractivity contribution in [3.05, 3.63) is 72.4 Å². The number of piperidine rings is 1. The van der Waals surface area contributed by atoms with Crippen molar-refractivity contribution in [3.63, 3.8) is 0 Å². The standard InChI is InChI=1S/C23H22ClN5O2/c24-19-3-1-4-22(12-19)31-23-26-14-18(15-27-23)17-11-21(16-25-13-17)28-20-5-8-29(9-6-20)7-2-10-30/h1-4,7,10-16,20,28H,5-6,8-9H2. The van der Waals surface area contributed by atoms with Crippen LogP contribution >= 0.6 is 11.6 Å². The van der Waals surface area contributed by atoms with Crippen LogP contribution in [0.2, 0.25) is 5.02 Å². The first kappa shape index (κ1) is 20.8. The van der Waals surface area contributed by atoms with Gasteiger partial charge in [-0.1, -0.05) is 17.7 Å². The average Bonchev–Trinajstić information content (AvgIpc) is 2.79. The molecule has 0 spiro atoms. The van der Waals surface area contributed by atoms with Gasteiger partial charge < -0.3 is 15.0 Å². The largest absolute Gasteiger partial charge is 0.424 e. The van der Waals surface area contributed by atoms with E-state index in [-0.39, 0.29) is 6.01 Å². The Kier molecular flexibility index (Phi) is 6.74. The van der Waals surface area contributed by atoms with E-state index in [0.717, 1.165) is 49.0 Å². The Bertz CT molecular complexity index is 1050. The van der Waals surface area contributed by atoms with Crippen LogP contribution in [0, 0.1) is 0 Å². The monoisotopic (exact) mass is 435 g/mol. The van der Waals surface area contributed by atoms with Crippen LogP contribution < -0.4 is 10.1 Å². The van der Waals surface area contributed by atoms with E-state index in [1.807, 2.05) is 24.5 Å². The molecule has 0 unspecified atom stereocenters. The summed E-state index contributed by atoms with van der Waals surface area (Å²) in [5, 5.41) is 4.15. The molecule has 158 valence electrons. The fourth-order valence-corrected chi connectivity index (χ4v) is 3.60. The van der Waals surface area contributed by atoms with Crippen molar-refractivity contribution >= 4 is 23.6 Å². The number of carbonyl (C=O) groups excluding carboxylic acids is 1. The predicted molar refractivity (Wildman–Crippen MR) is 120 cm³/mol. The summed E-state index contributed by atoms with van der Waals surface area (Å²) < 4.78 is 5.64. The Morgan fingerprint density at radius 2 is 1.87 bits per heavy atom. The van der Waals surface area contributed by atoms with Gasteiger partial charge in [-0.25, -0.2) is 9.97 Å². The smallest absolute Gasteiger partial charge is 0.321 e. The van der Waals surface area contributed by atoms with Crippen molar-refractivity contribution < 1.29 is 9.53 Å². The van der Waals surface area contributed by atoms with Crippen LogP contribution in [-0.2, 0) is 4.79 Å². The van der Waals surface area contributed by atoms with Gasteiger partial charge in [0.1, 0.15) is 12.0 Å². The number of likely N-dealkylation sites (tertiary alicyclic amines) is 1. The summed E-state index contributed by atoms with van der Waals surface area (Å²) in [5.41, 5.74) is 2.73. The van der Waals surface area contributed by atoms with Gasteiger partial charge in [0.15, 0.2) is 0 Å². The highest BCUT2D eigenvalue weighted by Crippen LogP contribution is 2.25. The summed E-state index contributed by atoms with van der Waals surface area (Å²) in [4.78, 5) is 25.6. The number of anilines is 1. The van der Waals surface area contributed by atoms with E-state index >= 15 is 0 Å². The van der Waals surface area contributed by atoms with Crippen molar-refractivity contribution in [2.45, 2.75) is 18.9 Å². The fourth-order valence-electron chi connectivity index (χ4n) is 3.42. The Hall–Kier alpha value is -3.45. The van der Waals surface area contributed by atoms with Gasteiger partial charge in [0.25, 0.3) is 0 Å². The van der Waals surface area contributed by atoms with Crippen molar-refractivity contribution in [1.29, 1.82) is 0 Å². The van der Waals surface area contributed by atoms with E-state index < -0.39 is 0 Å². The molecule has 1 aromatic carbocycles. The van der Waals surface area contributed by atoms with Gasteiger partial charge in [-0.2, -0.15) is 0 Å². The molecule has 0 amide bonds. The molecular formula is C23H22ClN5O2. The van der Waals surface area contributed by atoms with Gasteiger partial charge in [0.2, 0.25) is 0 Å². The molecule has 3 aromatic rings. The van der Waals surface area contributed by atoms with Gasteiger partial charge >= 0.3 is 6.01 Å². The third-order valence-electron chi connectivity index (χ3n) is 4.98. The van der Waals surface area contributed by atoms with E-state index in [9.17, 15) is 4.79 Å². The minimum absolute atomic E-state index is 0.253. The number of hydrogen-bond acceptors (Lipinski definition) is 7. The van der Waals surface area contributed by atoms with Crippen molar-refractivity contribution in [2.75, 3.05) is 18.4 Å². The van der Waals surface area contributed by atoms with Crippen LogP contribution in [0.25, 0.3) is 11.1 Å². The number of nitrogens with one attached hydrogen (secondary N) is 1. The minimum atomic E-state index is 0.253. The van der Waals surface area contributed by atoms with Gasteiger partial charge in [0.05, 0.1) is 5.69 Å². The van der Waals surface area contributed by atoms with Crippen LogP contribution in [0.15, 0.2) is 67.4 Å². The van der Waals surface area contributed by atoms with E-state index in [1.54, 1.807) is 36.8 Å². The molecule has 8 heteroatoms. The maximum atomic E-state index is 10.5. The second kappa shape index (κ2) is 10.0. The number of halogens is 1. The molecular weight excluding hydrogens is 414 g/mol. The molecule has 1 aliphatic heterocycles. The molecule has 0 aliphatic carbocycles. The lowest BCUT2D eigenvalue weighted by atomic mass is 10.0. The molecule has 1 N–H and O–H groups in total. The number of aldehydes is 1. The maximum Gasteiger partial charge on any atom is 0.321 e. The highest BCUT2D eigenvalue weighted by Gasteiger charge is 2.17. The Morgan fingerprint density at radius 3 is 2.61 bits per heavy atom. The molecule has 1 aliphatic rings. The zero-order valence-electron chi connectivity index (χ0n) is 16.8. The molecule has 0 atom stereocenters. The summed E-state index contributed by atoms with van der Waals surface area (Å²) in [7, 11) is 0. The SMILES string of the molecule is O=CC=CN1CCC(Nc2cncc(-c3cnc(Oc4cccc(Cl)c4)nc3)c2)CC1. The van der Waals surface area contributed by atoms with E-state index in [2.05, 4.69) is 25.2 Å². The first-order valence-corrected chi connectivity index (χ1v) is 10.4. The highest BCUT2D eigenvalue weighted by atomic mass is 35.5. The molecule has 31 heavy (non-hydrogen) atoms. The molecule has 0 bridgehead atoms. The van der Waals surface area contributed by atoms with Gasteiger partial charge in [0, 0.05) is 66.3 Å². The lowest BCUT2D eigenvalue weighted by Crippen LogP contribution is -2.36. The number of allylic oxidation sites excluding steroid dienone is 1. The molecule has 7 nitrogen and oxygen atoms in total. The van der Waals surface area contributed by atoms with Gasteiger partial charge in [-0.3, -0.25) is 9.78 Å². The van der Waals surface area contributed by atoms with E-state index in [4.69, 9.17) is 16.3 Å².